The molecule has 6 nitrogen and oxygen atoms in total. The van der Waals surface area contributed by atoms with E-state index in [1.165, 1.54) is 172 Å². The van der Waals surface area contributed by atoms with E-state index in [9.17, 15) is 26.3 Å². The van der Waals surface area contributed by atoms with E-state index in [0.717, 1.165) is 0 Å². The average Bonchev–Trinajstić information content (AvgIpc) is 3.10. The number of carbonyl (C=O) groups excluding carboxylic acids is 2. The molecule has 0 spiro atoms. The SMILES string of the molecule is C1=C\CCCCCC[n+]2cccc(c2)CCCCCCCCCCCCC[n+]2cccc(c2)CCCCCC/1.O=C([O-])C(F)(F)F.O=C([O-])C(F)(F)F. The zero-order chi connectivity index (χ0) is 39.2. The van der Waals surface area contributed by atoms with E-state index in [1.54, 1.807) is 0 Å². The second-order valence-corrected chi connectivity index (χ2v) is 13.7. The average molecular weight is 759 g/mol. The summed E-state index contributed by atoms with van der Waals surface area (Å²) in [5.41, 5.74) is 3.04. The van der Waals surface area contributed by atoms with Gasteiger partial charge >= 0.3 is 12.4 Å². The Morgan fingerprint density at radius 2 is 0.755 bits per heavy atom. The lowest BCUT2D eigenvalue weighted by Crippen LogP contribution is -2.37. The Morgan fingerprint density at radius 3 is 1.08 bits per heavy atom. The molecule has 3 heterocycles. The van der Waals surface area contributed by atoms with Gasteiger partial charge in [0.15, 0.2) is 24.8 Å². The molecule has 12 heteroatoms. The first kappa shape index (κ1) is 47.6. The van der Waals surface area contributed by atoms with Crippen LogP contribution in [-0.4, -0.2) is 24.3 Å². The summed E-state index contributed by atoms with van der Waals surface area (Å²) in [5, 5.41) is 17.6. The molecule has 0 unspecified atom stereocenters. The molecule has 1 aliphatic rings. The molecular formula is C41H60F6N2O4. The van der Waals surface area contributed by atoms with Gasteiger partial charge in [-0.25, -0.2) is 9.13 Å². The van der Waals surface area contributed by atoms with E-state index < -0.39 is 24.3 Å². The minimum absolute atomic E-state index is 1.17. The third kappa shape index (κ3) is 27.8. The molecule has 0 saturated heterocycles. The van der Waals surface area contributed by atoms with Crippen LogP contribution in [0, 0.1) is 0 Å². The third-order valence-corrected chi connectivity index (χ3v) is 8.97. The molecule has 0 N–H and O–H groups in total. The quantitative estimate of drug-likeness (QED) is 0.153. The molecule has 3 rings (SSSR count). The minimum atomic E-state index is -5.19. The predicted octanol–water partition coefficient (Wildman–Crippen LogP) is 8.41. The van der Waals surface area contributed by atoms with Crippen LogP contribution in [-0.2, 0) is 35.5 Å². The Balaban J connectivity index is 0.000000845. The monoisotopic (exact) mass is 758 g/mol. The van der Waals surface area contributed by atoms with Gasteiger partial charge in [-0.2, -0.15) is 26.3 Å². The van der Waals surface area contributed by atoms with Gasteiger partial charge in [0, 0.05) is 36.1 Å². The summed E-state index contributed by atoms with van der Waals surface area (Å²) in [6.07, 6.45) is 35.0. The summed E-state index contributed by atoms with van der Waals surface area (Å²) in [5.74, 6) is -6.01. The molecule has 0 fully saturated rings. The number of carboxylic acid groups (broad SMARTS) is 2. The molecule has 0 aromatic carbocycles. The van der Waals surface area contributed by atoms with Gasteiger partial charge in [0.2, 0.25) is 0 Å². The van der Waals surface area contributed by atoms with E-state index >= 15 is 0 Å². The van der Waals surface area contributed by atoms with Crippen molar-refractivity contribution in [3.63, 3.8) is 0 Å². The van der Waals surface area contributed by atoms with Crippen LogP contribution in [0.5, 0.6) is 0 Å². The molecule has 1 aliphatic heterocycles. The Hall–Kier alpha value is -3.44. The fraction of sp³-hybridized carbons (Fsp3) is 0.659. The number of allylic oxidation sites excluding steroid dienone is 2. The van der Waals surface area contributed by atoms with Gasteiger partial charge in [0.25, 0.3) is 0 Å². The van der Waals surface area contributed by atoms with Crippen LogP contribution in [0.2, 0.25) is 0 Å². The number of pyridine rings is 2. The van der Waals surface area contributed by atoms with Gasteiger partial charge < -0.3 is 19.8 Å². The standard InChI is InChI=1S/C37H60N2.2C2HF3O2/c1-2-6-10-14-18-22-30-38-32-25-29-37(35-38)27-21-17-13-9-5-3-7-11-15-19-23-31-39-33-24-28-36(34-39)26-20-16-12-8-4-1;2*3-2(4,5)1(6)7/h1-2,24-25,28-29,32-35H,3-23,26-27,30-31H2;2*(H,6,7)/q+2;;/p-2/b2-1-;;. The van der Waals surface area contributed by atoms with E-state index in [1.807, 2.05) is 0 Å². The first-order valence-electron chi connectivity index (χ1n) is 19.5. The van der Waals surface area contributed by atoms with Crippen LogP contribution < -0.4 is 19.3 Å². The van der Waals surface area contributed by atoms with Crippen molar-refractivity contribution in [1.82, 2.24) is 0 Å². The van der Waals surface area contributed by atoms with Crippen molar-refractivity contribution in [2.24, 2.45) is 0 Å². The maximum atomic E-state index is 10.5. The van der Waals surface area contributed by atoms with Crippen molar-refractivity contribution in [3.8, 4) is 0 Å². The minimum Gasteiger partial charge on any atom is -0.542 e. The molecule has 0 atom stereocenters. The van der Waals surface area contributed by atoms with E-state index in [4.69, 9.17) is 19.8 Å². The molecule has 53 heavy (non-hydrogen) atoms. The van der Waals surface area contributed by atoms with Gasteiger partial charge in [-0.1, -0.05) is 82.8 Å². The number of hydrogen-bond donors (Lipinski definition) is 0. The number of aliphatic carboxylic acids is 2. The van der Waals surface area contributed by atoms with Gasteiger partial charge in [-0.3, -0.25) is 0 Å². The Bertz CT molecular complexity index is 1190. The largest absolute Gasteiger partial charge is 0.542 e. The van der Waals surface area contributed by atoms with Crippen LogP contribution in [0.3, 0.4) is 0 Å². The first-order chi connectivity index (χ1) is 25.3. The Morgan fingerprint density at radius 1 is 0.472 bits per heavy atom. The van der Waals surface area contributed by atoms with Crippen molar-refractivity contribution in [2.75, 3.05) is 0 Å². The number of aryl methyl sites for hydroxylation is 4. The number of carbonyl (C=O) groups is 2. The molecule has 0 amide bonds. The van der Waals surface area contributed by atoms with Crippen molar-refractivity contribution in [2.45, 2.75) is 173 Å². The highest BCUT2D eigenvalue weighted by Crippen LogP contribution is 2.15. The molecule has 300 valence electrons. The van der Waals surface area contributed by atoms with Gasteiger partial charge in [0.1, 0.15) is 25.0 Å². The Labute approximate surface area is 312 Å². The zero-order valence-corrected chi connectivity index (χ0v) is 31.2. The maximum absolute atomic E-state index is 10.5. The highest BCUT2D eigenvalue weighted by molar-refractivity contribution is 5.71. The van der Waals surface area contributed by atoms with Crippen molar-refractivity contribution >= 4 is 11.9 Å². The Kier molecular flexibility index (Phi) is 26.0. The van der Waals surface area contributed by atoms with Crippen LogP contribution in [0.25, 0.3) is 0 Å². The number of fused-ring (bicyclic) bond motifs is 4. The lowest BCUT2D eigenvalue weighted by Gasteiger charge is -2.04. The van der Waals surface area contributed by atoms with Gasteiger partial charge in [-0.05, 0) is 76.3 Å². The summed E-state index contributed by atoms with van der Waals surface area (Å²) in [7, 11) is 0. The van der Waals surface area contributed by atoms with Crippen LogP contribution in [0.15, 0.2) is 61.2 Å². The highest BCUT2D eigenvalue weighted by atomic mass is 19.4. The van der Waals surface area contributed by atoms with E-state index in [0.29, 0.717) is 0 Å². The van der Waals surface area contributed by atoms with Crippen molar-refractivity contribution in [3.05, 3.63) is 72.3 Å². The molecular weight excluding hydrogens is 698 g/mol. The summed E-state index contributed by atoms with van der Waals surface area (Å²) < 4.78 is 68.0. The van der Waals surface area contributed by atoms with Crippen molar-refractivity contribution < 1.29 is 55.3 Å². The number of hydrogen-bond acceptors (Lipinski definition) is 4. The fourth-order valence-corrected chi connectivity index (χ4v) is 6.03. The predicted molar refractivity (Wildman–Crippen MR) is 189 cm³/mol. The number of halogens is 6. The summed E-state index contributed by atoms with van der Waals surface area (Å²) >= 11 is 0. The summed E-state index contributed by atoms with van der Waals surface area (Å²) in [6, 6.07) is 9.16. The molecule has 4 bridgehead atoms. The van der Waals surface area contributed by atoms with Crippen LogP contribution in [0.4, 0.5) is 26.3 Å². The molecule has 2 aromatic heterocycles. The second-order valence-electron chi connectivity index (χ2n) is 13.7. The number of aromatic nitrogens is 2. The van der Waals surface area contributed by atoms with Crippen LogP contribution in [0.1, 0.15) is 146 Å². The van der Waals surface area contributed by atoms with E-state index in [2.05, 4.69) is 70.3 Å². The number of nitrogens with zero attached hydrogens (tertiary/aromatic N) is 2. The lowest BCUT2D eigenvalue weighted by molar-refractivity contribution is -0.697. The summed E-state index contributed by atoms with van der Waals surface area (Å²) in [6.45, 7) is 2.36. The number of alkyl halides is 6. The smallest absolute Gasteiger partial charge is 0.430 e. The fourth-order valence-electron chi connectivity index (χ4n) is 6.03. The van der Waals surface area contributed by atoms with Gasteiger partial charge in [0.05, 0.1) is 0 Å². The lowest BCUT2D eigenvalue weighted by atomic mass is 10.0. The first-order valence-corrected chi connectivity index (χ1v) is 19.5. The molecule has 0 radical (unpaired) electrons. The zero-order valence-electron chi connectivity index (χ0n) is 31.2. The maximum Gasteiger partial charge on any atom is 0.430 e. The molecule has 0 aliphatic carbocycles. The second kappa shape index (κ2) is 29.0. The normalized spacial score (nSPS) is 18.1. The third-order valence-electron chi connectivity index (χ3n) is 8.97. The van der Waals surface area contributed by atoms with Gasteiger partial charge in [-0.15, -0.1) is 0 Å². The highest BCUT2D eigenvalue weighted by Gasteiger charge is 2.29. The number of carboxylic acids is 2. The van der Waals surface area contributed by atoms with E-state index in [-0.39, 0.29) is 0 Å². The topological polar surface area (TPSA) is 88.0 Å². The molecule has 0 saturated carbocycles. The molecule has 2 aromatic rings. The number of rotatable bonds is 0. The van der Waals surface area contributed by atoms with Crippen molar-refractivity contribution in [1.29, 1.82) is 0 Å². The van der Waals surface area contributed by atoms with Crippen LogP contribution >= 0.6 is 0 Å². The summed E-state index contributed by atoms with van der Waals surface area (Å²) in [4.78, 5) is 17.6.